The second-order valence-electron chi connectivity index (χ2n) is 4.26. The second kappa shape index (κ2) is 5.55. The summed E-state index contributed by atoms with van der Waals surface area (Å²) < 4.78 is 3.71. The minimum atomic E-state index is 0.703. The first-order chi connectivity index (χ1) is 9.86. The Balaban J connectivity index is 1.76. The van der Waals surface area contributed by atoms with Crippen LogP contribution >= 0.6 is 0 Å². The highest BCUT2D eigenvalue weighted by molar-refractivity contribution is 5.65. The molecule has 0 bridgehead atoms. The van der Waals surface area contributed by atoms with Crippen molar-refractivity contribution in [1.29, 1.82) is 0 Å². The van der Waals surface area contributed by atoms with Gasteiger partial charge >= 0.3 is 0 Å². The van der Waals surface area contributed by atoms with Gasteiger partial charge in [0.2, 0.25) is 0 Å². The van der Waals surface area contributed by atoms with Crippen LogP contribution in [0.15, 0.2) is 31.0 Å². The number of anilines is 2. The monoisotopic (exact) mass is 272 g/mol. The molecule has 0 aliphatic carbocycles. The van der Waals surface area contributed by atoms with Crippen LogP contribution < -0.4 is 10.6 Å². The highest BCUT2D eigenvalue weighted by Gasteiger charge is 2.06. The third-order valence-corrected chi connectivity index (χ3v) is 2.84. The standard InChI is InChI=1S/C12H16N8/c1-2-13-10-9-19-6-3-15-12(19)11(17-10)14-4-7-20-8-5-16-18-20/h3,5-6,8-9,13H,2,4,7H2,1H3,(H,14,17). The first-order valence-corrected chi connectivity index (χ1v) is 6.52. The lowest BCUT2D eigenvalue weighted by atomic mass is 10.5. The molecule has 0 radical (unpaired) electrons. The molecule has 20 heavy (non-hydrogen) atoms. The molecule has 0 aliphatic rings. The lowest BCUT2D eigenvalue weighted by molar-refractivity contribution is 0.608. The Bertz CT molecular complexity index is 672. The van der Waals surface area contributed by atoms with Gasteiger partial charge < -0.3 is 15.0 Å². The van der Waals surface area contributed by atoms with Crippen molar-refractivity contribution in [2.45, 2.75) is 13.5 Å². The van der Waals surface area contributed by atoms with E-state index in [4.69, 9.17) is 0 Å². The maximum atomic E-state index is 4.53. The number of aromatic nitrogens is 6. The molecule has 8 nitrogen and oxygen atoms in total. The van der Waals surface area contributed by atoms with Gasteiger partial charge in [-0.1, -0.05) is 5.21 Å². The van der Waals surface area contributed by atoms with Crippen molar-refractivity contribution in [3.8, 4) is 0 Å². The molecule has 0 saturated carbocycles. The smallest absolute Gasteiger partial charge is 0.180 e. The van der Waals surface area contributed by atoms with Gasteiger partial charge in [-0.05, 0) is 6.92 Å². The van der Waals surface area contributed by atoms with E-state index in [9.17, 15) is 0 Å². The van der Waals surface area contributed by atoms with E-state index in [-0.39, 0.29) is 0 Å². The first-order valence-electron chi connectivity index (χ1n) is 6.52. The Kier molecular flexibility index (Phi) is 3.44. The molecule has 3 heterocycles. The van der Waals surface area contributed by atoms with Crippen LogP contribution in [0.5, 0.6) is 0 Å². The molecule has 0 unspecified atom stereocenters. The van der Waals surface area contributed by atoms with E-state index in [0.717, 1.165) is 30.4 Å². The van der Waals surface area contributed by atoms with Gasteiger partial charge in [-0.2, -0.15) is 0 Å². The molecule has 2 N–H and O–H groups in total. The van der Waals surface area contributed by atoms with Gasteiger partial charge in [0, 0.05) is 31.7 Å². The van der Waals surface area contributed by atoms with Gasteiger partial charge in [-0.15, -0.1) is 5.10 Å². The molecule has 8 heteroatoms. The SMILES string of the molecule is CCNc1cn2ccnc2c(NCCn2ccnn2)n1. The van der Waals surface area contributed by atoms with Crippen molar-refractivity contribution < 1.29 is 0 Å². The van der Waals surface area contributed by atoms with Crippen LogP contribution in [0.2, 0.25) is 0 Å². The summed E-state index contributed by atoms with van der Waals surface area (Å²) in [4.78, 5) is 8.84. The molecule has 0 saturated heterocycles. The first kappa shape index (κ1) is 12.4. The van der Waals surface area contributed by atoms with Gasteiger partial charge in [0.25, 0.3) is 0 Å². The number of nitrogens with one attached hydrogen (secondary N) is 2. The van der Waals surface area contributed by atoms with Crippen LogP contribution in [-0.2, 0) is 6.54 Å². The predicted molar refractivity (Wildman–Crippen MR) is 75.7 cm³/mol. The van der Waals surface area contributed by atoms with E-state index < -0.39 is 0 Å². The molecule has 0 atom stereocenters. The Morgan fingerprint density at radius 3 is 2.95 bits per heavy atom. The highest BCUT2D eigenvalue weighted by atomic mass is 15.4. The topological polar surface area (TPSA) is 85.0 Å². The molecular weight excluding hydrogens is 256 g/mol. The van der Waals surface area contributed by atoms with E-state index in [0.29, 0.717) is 6.54 Å². The van der Waals surface area contributed by atoms with E-state index in [1.807, 2.05) is 29.9 Å². The van der Waals surface area contributed by atoms with E-state index >= 15 is 0 Å². The minimum absolute atomic E-state index is 0.703. The third-order valence-electron chi connectivity index (χ3n) is 2.84. The summed E-state index contributed by atoms with van der Waals surface area (Å²) in [7, 11) is 0. The number of fused-ring (bicyclic) bond motifs is 1. The Morgan fingerprint density at radius 2 is 2.15 bits per heavy atom. The third kappa shape index (κ3) is 2.53. The number of rotatable bonds is 6. The van der Waals surface area contributed by atoms with E-state index in [1.54, 1.807) is 17.1 Å². The molecule has 0 fully saturated rings. The number of nitrogens with zero attached hydrogens (tertiary/aromatic N) is 6. The van der Waals surface area contributed by atoms with Gasteiger partial charge in [0.15, 0.2) is 11.5 Å². The molecular formula is C12H16N8. The van der Waals surface area contributed by atoms with E-state index in [1.165, 1.54) is 0 Å². The van der Waals surface area contributed by atoms with Crippen LogP contribution in [0.4, 0.5) is 11.6 Å². The summed E-state index contributed by atoms with van der Waals surface area (Å²) >= 11 is 0. The molecule has 0 aromatic carbocycles. The largest absolute Gasteiger partial charge is 0.369 e. The fraction of sp³-hybridized carbons (Fsp3) is 0.333. The maximum Gasteiger partial charge on any atom is 0.180 e. The molecule has 0 aliphatic heterocycles. The number of hydrogen-bond acceptors (Lipinski definition) is 6. The van der Waals surface area contributed by atoms with Gasteiger partial charge in [-0.3, -0.25) is 4.68 Å². The Morgan fingerprint density at radius 1 is 1.20 bits per heavy atom. The zero-order chi connectivity index (χ0) is 13.8. The van der Waals surface area contributed by atoms with Gasteiger partial charge in [0.05, 0.1) is 18.9 Å². The second-order valence-corrected chi connectivity index (χ2v) is 4.26. The van der Waals surface area contributed by atoms with E-state index in [2.05, 4.69) is 30.9 Å². The van der Waals surface area contributed by atoms with Crippen LogP contribution in [0.3, 0.4) is 0 Å². The van der Waals surface area contributed by atoms with Crippen molar-refractivity contribution >= 4 is 17.3 Å². The van der Waals surface area contributed by atoms with Crippen LogP contribution in [0.25, 0.3) is 5.65 Å². The zero-order valence-electron chi connectivity index (χ0n) is 11.2. The van der Waals surface area contributed by atoms with Crippen LogP contribution in [0, 0.1) is 0 Å². The van der Waals surface area contributed by atoms with Crippen molar-refractivity contribution in [1.82, 2.24) is 29.4 Å². The number of imidazole rings is 1. The fourth-order valence-electron chi connectivity index (χ4n) is 1.96. The number of hydrogen-bond donors (Lipinski definition) is 2. The van der Waals surface area contributed by atoms with Crippen molar-refractivity contribution in [2.75, 3.05) is 23.7 Å². The summed E-state index contributed by atoms with van der Waals surface area (Å²) in [5, 5.41) is 14.2. The predicted octanol–water partition coefficient (Wildman–Crippen LogP) is 0.865. The lowest BCUT2D eigenvalue weighted by Gasteiger charge is -2.10. The summed E-state index contributed by atoms with van der Waals surface area (Å²) in [6.07, 6.45) is 9.08. The molecule has 3 rings (SSSR count). The Hall–Kier alpha value is -2.64. The fourth-order valence-corrected chi connectivity index (χ4v) is 1.96. The quantitative estimate of drug-likeness (QED) is 0.692. The van der Waals surface area contributed by atoms with Crippen molar-refractivity contribution in [3.05, 3.63) is 31.0 Å². The average molecular weight is 272 g/mol. The normalized spacial score (nSPS) is 10.8. The zero-order valence-corrected chi connectivity index (χ0v) is 11.2. The summed E-state index contributed by atoms with van der Waals surface area (Å²) in [5.41, 5.74) is 0.810. The molecule has 104 valence electrons. The maximum absolute atomic E-state index is 4.53. The summed E-state index contributed by atoms with van der Waals surface area (Å²) in [6.45, 7) is 4.29. The van der Waals surface area contributed by atoms with Crippen molar-refractivity contribution in [3.63, 3.8) is 0 Å². The van der Waals surface area contributed by atoms with Crippen LogP contribution in [0.1, 0.15) is 6.92 Å². The van der Waals surface area contributed by atoms with Gasteiger partial charge in [-0.25, -0.2) is 9.97 Å². The summed E-state index contributed by atoms with van der Waals surface area (Å²) in [5.74, 6) is 1.58. The van der Waals surface area contributed by atoms with Crippen molar-refractivity contribution in [2.24, 2.45) is 0 Å². The molecule has 0 spiro atoms. The van der Waals surface area contributed by atoms with Gasteiger partial charge in [0.1, 0.15) is 5.82 Å². The van der Waals surface area contributed by atoms with Crippen LogP contribution in [-0.4, -0.2) is 42.5 Å². The summed E-state index contributed by atoms with van der Waals surface area (Å²) in [6, 6.07) is 0. The molecule has 3 aromatic heterocycles. The average Bonchev–Trinajstić information content (AvgIpc) is 3.09. The lowest BCUT2D eigenvalue weighted by Crippen LogP contribution is -2.13. The highest BCUT2D eigenvalue weighted by Crippen LogP contribution is 2.15. The minimum Gasteiger partial charge on any atom is -0.369 e. The molecule has 0 amide bonds. The Labute approximate surface area is 115 Å². The molecule has 3 aromatic rings.